The Morgan fingerprint density at radius 1 is 1.42 bits per heavy atom. The monoisotopic (exact) mass is 294 g/mol. The Morgan fingerprint density at radius 3 is 2.58 bits per heavy atom. The molecule has 0 spiro atoms. The van der Waals surface area contributed by atoms with Gasteiger partial charge in [-0.1, -0.05) is 11.6 Å². The van der Waals surface area contributed by atoms with Crippen molar-refractivity contribution in [2.45, 2.75) is 33.0 Å². The van der Waals surface area contributed by atoms with E-state index >= 15 is 0 Å². The number of anilines is 1. The number of rotatable bonds is 3. The molecule has 0 aliphatic carbocycles. The number of carbonyl (C=O) groups excluding carboxylic acids is 1. The van der Waals surface area contributed by atoms with E-state index < -0.39 is 24.2 Å². The fourth-order valence-electron chi connectivity index (χ4n) is 1.12. The third-order valence-corrected chi connectivity index (χ3v) is 1.82. The van der Waals surface area contributed by atoms with Crippen LogP contribution in [0.1, 0.15) is 20.8 Å². The van der Waals surface area contributed by atoms with Gasteiger partial charge in [0.1, 0.15) is 10.8 Å². The average Bonchev–Trinajstić information content (AvgIpc) is 2.10. The van der Waals surface area contributed by atoms with Gasteiger partial charge in [-0.3, -0.25) is 5.32 Å². The molecule has 0 aliphatic heterocycles. The van der Waals surface area contributed by atoms with Crippen molar-refractivity contribution in [2.24, 2.45) is 0 Å². The third kappa shape index (κ3) is 6.19. The lowest BCUT2D eigenvalue weighted by atomic mass is 10.2. The highest BCUT2D eigenvalue weighted by Gasteiger charge is 2.17. The SMILES string of the molecule is CC(C)(C)OC(=O)Nc1cc(Cl)nc(OC(F)F)c1. The molecule has 0 radical (unpaired) electrons. The lowest BCUT2D eigenvalue weighted by Gasteiger charge is -2.19. The zero-order chi connectivity index (χ0) is 14.6. The highest BCUT2D eigenvalue weighted by atomic mass is 35.5. The highest BCUT2D eigenvalue weighted by molar-refractivity contribution is 6.29. The first-order valence-corrected chi connectivity index (χ1v) is 5.66. The van der Waals surface area contributed by atoms with Crippen LogP contribution in [0.3, 0.4) is 0 Å². The number of amides is 1. The third-order valence-electron chi connectivity index (χ3n) is 1.63. The van der Waals surface area contributed by atoms with Crippen molar-refractivity contribution in [3.63, 3.8) is 0 Å². The van der Waals surface area contributed by atoms with Crippen molar-refractivity contribution >= 4 is 23.4 Å². The fraction of sp³-hybridized carbons (Fsp3) is 0.455. The van der Waals surface area contributed by atoms with E-state index in [1.54, 1.807) is 20.8 Å². The van der Waals surface area contributed by atoms with Gasteiger partial charge in [0.2, 0.25) is 5.88 Å². The van der Waals surface area contributed by atoms with Crippen LogP contribution in [0.25, 0.3) is 0 Å². The average molecular weight is 295 g/mol. The van der Waals surface area contributed by atoms with Crippen LogP contribution in [0.5, 0.6) is 5.88 Å². The molecule has 8 heteroatoms. The molecule has 1 aromatic heterocycles. The lowest BCUT2D eigenvalue weighted by molar-refractivity contribution is -0.0527. The molecule has 1 aromatic rings. The largest absolute Gasteiger partial charge is 0.444 e. The number of nitrogens with zero attached hydrogens (tertiary/aromatic N) is 1. The minimum Gasteiger partial charge on any atom is -0.444 e. The van der Waals surface area contributed by atoms with Gasteiger partial charge in [-0.2, -0.15) is 8.78 Å². The minimum absolute atomic E-state index is 0.0933. The number of alkyl halides is 2. The maximum Gasteiger partial charge on any atom is 0.412 e. The first kappa shape index (κ1) is 15.4. The Hall–Kier alpha value is -1.63. The molecule has 1 heterocycles. The summed E-state index contributed by atoms with van der Waals surface area (Å²) in [4.78, 5) is 15.0. The molecule has 0 aliphatic rings. The second kappa shape index (κ2) is 6.01. The van der Waals surface area contributed by atoms with E-state index in [1.807, 2.05) is 0 Å². The Balaban J connectivity index is 2.78. The zero-order valence-electron chi connectivity index (χ0n) is 10.5. The van der Waals surface area contributed by atoms with Crippen LogP contribution in [0.15, 0.2) is 12.1 Å². The van der Waals surface area contributed by atoms with Crippen LogP contribution in [0, 0.1) is 0 Å². The van der Waals surface area contributed by atoms with E-state index in [0.29, 0.717) is 0 Å². The van der Waals surface area contributed by atoms with Crippen LogP contribution >= 0.6 is 11.6 Å². The molecular formula is C11H13ClF2N2O3. The van der Waals surface area contributed by atoms with Crippen molar-refractivity contribution in [3.05, 3.63) is 17.3 Å². The number of ether oxygens (including phenoxy) is 2. The van der Waals surface area contributed by atoms with Gasteiger partial charge in [-0.25, -0.2) is 9.78 Å². The van der Waals surface area contributed by atoms with Crippen LogP contribution in [-0.4, -0.2) is 23.3 Å². The lowest BCUT2D eigenvalue weighted by Crippen LogP contribution is -2.27. The summed E-state index contributed by atoms with van der Waals surface area (Å²) in [6.07, 6.45) is -0.738. The van der Waals surface area contributed by atoms with E-state index in [1.165, 1.54) is 6.07 Å². The first-order chi connectivity index (χ1) is 8.65. The van der Waals surface area contributed by atoms with Crippen molar-refractivity contribution in [1.29, 1.82) is 0 Å². The van der Waals surface area contributed by atoms with Gasteiger partial charge < -0.3 is 9.47 Å². The molecule has 1 N–H and O–H groups in total. The molecule has 0 atom stereocenters. The molecule has 0 unspecified atom stereocenters. The summed E-state index contributed by atoms with van der Waals surface area (Å²) >= 11 is 5.62. The quantitative estimate of drug-likeness (QED) is 0.864. The van der Waals surface area contributed by atoms with Crippen molar-refractivity contribution in [3.8, 4) is 5.88 Å². The number of pyridine rings is 1. The smallest absolute Gasteiger partial charge is 0.412 e. The van der Waals surface area contributed by atoms with Crippen LogP contribution < -0.4 is 10.1 Å². The molecule has 1 amide bonds. The number of nitrogens with one attached hydrogen (secondary N) is 1. The van der Waals surface area contributed by atoms with E-state index in [-0.39, 0.29) is 10.8 Å². The Bertz CT molecular complexity index is 464. The van der Waals surface area contributed by atoms with Crippen molar-refractivity contribution in [1.82, 2.24) is 4.98 Å². The van der Waals surface area contributed by atoms with E-state index in [2.05, 4.69) is 15.0 Å². The summed E-state index contributed by atoms with van der Waals surface area (Å²) < 4.78 is 33.2. The molecule has 0 aromatic carbocycles. The predicted molar refractivity (Wildman–Crippen MR) is 65.7 cm³/mol. The van der Waals surface area contributed by atoms with Gasteiger partial charge in [0.15, 0.2) is 0 Å². The van der Waals surface area contributed by atoms with Gasteiger partial charge >= 0.3 is 12.7 Å². The maximum atomic E-state index is 12.1. The summed E-state index contributed by atoms with van der Waals surface area (Å²) in [6.45, 7) is 2.05. The van der Waals surface area contributed by atoms with Crippen molar-refractivity contribution < 1.29 is 23.0 Å². The predicted octanol–water partition coefficient (Wildman–Crippen LogP) is 3.68. The van der Waals surface area contributed by atoms with Gasteiger partial charge in [0, 0.05) is 6.07 Å². The second-order valence-electron chi connectivity index (χ2n) is 4.52. The summed E-state index contributed by atoms with van der Waals surface area (Å²) in [5, 5.41) is 2.25. The molecule has 0 saturated carbocycles. The molecule has 0 saturated heterocycles. The normalized spacial score (nSPS) is 11.3. The van der Waals surface area contributed by atoms with E-state index in [4.69, 9.17) is 16.3 Å². The Morgan fingerprint density at radius 2 is 2.05 bits per heavy atom. The Kier molecular flexibility index (Phi) is 4.88. The van der Waals surface area contributed by atoms with Gasteiger partial charge in [-0.15, -0.1) is 0 Å². The number of carbonyl (C=O) groups is 1. The number of hydrogen-bond acceptors (Lipinski definition) is 4. The van der Waals surface area contributed by atoms with Gasteiger partial charge in [0.05, 0.1) is 5.69 Å². The van der Waals surface area contributed by atoms with Gasteiger partial charge in [-0.05, 0) is 26.8 Å². The van der Waals surface area contributed by atoms with Crippen LogP contribution in [0.4, 0.5) is 19.3 Å². The Labute approximate surface area is 113 Å². The number of hydrogen-bond donors (Lipinski definition) is 1. The van der Waals surface area contributed by atoms with Crippen molar-refractivity contribution in [2.75, 3.05) is 5.32 Å². The molecule has 0 fully saturated rings. The van der Waals surface area contributed by atoms with Crippen LogP contribution in [-0.2, 0) is 4.74 Å². The number of aromatic nitrogens is 1. The fourth-order valence-corrected chi connectivity index (χ4v) is 1.32. The second-order valence-corrected chi connectivity index (χ2v) is 4.91. The molecule has 1 rings (SSSR count). The minimum atomic E-state index is -3.03. The maximum absolute atomic E-state index is 12.1. The molecular weight excluding hydrogens is 282 g/mol. The molecule has 19 heavy (non-hydrogen) atoms. The number of halogens is 3. The van der Waals surface area contributed by atoms with E-state index in [0.717, 1.165) is 6.07 Å². The summed E-state index contributed by atoms with van der Waals surface area (Å²) in [5.41, 5.74) is -0.534. The summed E-state index contributed by atoms with van der Waals surface area (Å²) in [7, 11) is 0. The van der Waals surface area contributed by atoms with E-state index in [9.17, 15) is 13.6 Å². The van der Waals surface area contributed by atoms with Gasteiger partial charge in [0.25, 0.3) is 0 Å². The molecule has 5 nitrogen and oxygen atoms in total. The first-order valence-electron chi connectivity index (χ1n) is 5.28. The molecule has 0 bridgehead atoms. The summed E-state index contributed by atoms with van der Waals surface area (Å²) in [5.74, 6) is -0.395. The molecule has 106 valence electrons. The van der Waals surface area contributed by atoms with Crippen LogP contribution in [0.2, 0.25) is 5.15 Å². The highest BCUT2D eigenvalue weighted by Crippen LogP contribution is 2.22. The standard InChI is InChI=1S/C11H13ClF2N2O3/c1-11(2,3)19-10(17)15-6-4-7(12)16-8(5-6)18-9(13)14/h4-5,9H,1-3H3,(H,15,16,17). The summed E-state index contributed by atoms with van der Waals surface area (Å²) in [6, 6.07) is 2.39. The zero-order valence-corrected chi connectivity index (χ0v) is 11.3. The topological polar surface area (TPSA) is 60.5 Å².